The molecule has 28 heavy (non-hydrogen) atoms. The van der Waals surface area contributed by atoms with E-state index in [-0.39, 0.29) is 12.1 Å². The lowest BCUT2D eigenvalue weighted by Crippen LogP contribution is -2.49. The summed E-state index contributed by atoms with van der Waals surface area (Å²) in [6.07, 6.45) is 4.58. The molecule has 1 saturated heterocycles. The second-order valence-corrected chi connectivity index (χ2v) is 8.68. The van der Waals surface area contributed by atoms with E-state index in [0.29, 0.717) is 55.9 Å². The van der Waals surface area contributed by atoms with Crippen LogP contribution in [0, 0.1) is 5.41 Å². The Hall–Kier alpha value is -1.90. The van der Waals surface area contributed by atoms with Gasteiger partial charge in [-0.2, -0.15) is 0 Å². The van der Waals surface area contributed by atoms with Crippen molar-refractivity contribution in [2.24, 2.45) is 5.41 Å². The summed E-state index contributed by atoms with van der Waals surface area (Å²) in [6, 6.07) is 0. The molecule has 1 aromatic heterocycles. The van der Waals surface area contributed by atoms with Gasteiger partial charge >= 0.3 is 12.1 Å². The molecule has 1 amide bonds. The molecule has 0 spiro atoms. The molecular weight excluding hydrogens is 428 g/mol. The van der Waals surface area contributed by atoms with Crippen LogP contribution in [0.25, 0.3) is 0 Å². The first-order valence-corrected chi connectivity index (χ1v) is 10.3. The average Bonchev–Trinajstić information content (AvgIpc) is 2.62. The number of amides is 1. The minimum absolute atomic E-state index is 0.206. The normalized spacial score (nSPS) is 16.4. The number of piperidine rings is 1. The largest absolute Gasteiger partial charge is 0.466 e. The highest BCUT2D eigenvalue weighted by Gasteiger charge is 2.43. The van der Waals surface area contributed by atoms with Gasteiger partial charge in [-0.3, -0.25) is 4.79 Å². The summed E-state index contributed by atoms with van der Waals surface area (Å²) in [6.45, 7) is 9.15. The zero-order valence-electron chi connectivity index (χ0n) is 17.0. The average molecular weight is 457 g/mol. The number of likely N-dealkylation sites (tertiary alicyclic amines) is 1. The summed E-state index contributed by atoms with van der Waals surface area (Å²) in [5, 5.41) is 3.20. The van der Waals surface area contributed by atoms with Gasteiger partial charge in [0.05, 0.1) is 24.4 Å². The summed E-state index contributed by atoms with van der Waals surface area (Å²) in [7, 11) is 0. The SMILES string of the molecule is CCOC(=O)C1(CCNc2cnc(Br)cn2)CCN(C(=O)OC(C)(C)C)CC1. The van der Waals surface area contributed by atoms with Gasteiger partial charge in [0.2, 0.25) is 0 Å². The van der Waals surface area contributed by atoms with Crippen LogP contribution in [0.1, 0.15) is 47.0 Å². The van der Waals surface area contributed by atoms with Crippen LogP contribution in [0.2, 0.25) is 0 Å². The second-order valence-electron chi connectivity index (χ2n) is 7.87. The number of ether oxygens (including phenoxy) is 2. The lowest BCUT2D eigenvalue weighted by Gasteiger charge is -2.40. The Bertz CT molecular complexity index is 668. The Morgan fingerprint density at radius 1 is 1.25 bits per heavy atom. The first-order valence-electron chi connectivity index (χ1n) is 9.52. The van der Waals surface area contributed by atoms with Gasteiger partial charge < -0.3 is 19.7 Å². The predicted octanol–water partition coefficient (Wildman–Crippen LogP) is 3.62. The summed E-state index contributed by atoms with van der Waals surface area (Å²) in [5.41, 5.74) is -1.16. The smallest absolute Gasteiger partial charge is 0.410 e. The molecule has 1 aliphatic heterocycles. The zero-order chi connectivity index (χ0) is 20.8. The van der Waals surface area contributed by atoms with Gasteiger partial charge in [-0.25, -0.2) is 14.8 Å². The summed E-state index contributed by atoms with van der Waals surface area (Å²) < 4.78 is 11.4. The molecule has 0 radical (unpaired) electrons. The Morgan fingerprint density at radius 3 is 2.46 bits per heavy atom. The van der Waals surface area contributed by atoms with E-state index < -0.39 is 11.0 Å². The molecule has 2 rings (SSSR count). The molecule has 0 unspecified atom stereocenters. The molecule has 2 heterocycles. The topological polar surface area (TPSA) is 93.6 Å². The van der Waals surface area contributed by atoms with E-state index in [4.69, 9.17) is 9.47 Å². The van der Waals surface area contributed by atoms with Gasteiger partial charge in [-0.1, -0.05) is 0 Å². The maximum absolute atomic E-state index is 12.7. The first kappa shape index (κ1) is 22.4. The van der Waals surface area contributed by atoms with E-state index >= 15 is 0 Å². The molecule has 156 valence electrons. The Morgan fingerprint density at radius 2 is 1.93 bits per heavy atom. The Kier molecular flexibility index (Phi) is 7.63. The number of esters is 1. The number of anilines is 1. The van der Waals surface area contributed by atoms with Crippen LogP contribution < -0.4 is 5.32 Å². The summed E-state index contributed by atoms with van der Waals surface area (Å²) in [4.78, 5) is 35.0. The van der Waals surface area contributed by atoms with E-state index in [1.54, 1.807) is 24.2 Å². The monoisotopic (exact) mass is 456 g/mol. The number of carbonyl (C=O) groups excluding carboxylic acids is 2. The van der Waals surface area contributed by atoms with Crippen molar-refractivity contribution < 1.29 is 19.1 Å². The fourth-order valence-corrected chi connectivity index (χ4v) is 3.32. The number of carbonyl (C=O) groups is 2. The third-order valence-corrected chi connectivity index (χ3v) is 5.02. The number of aromatic nitrogens is 2. The van der Waals surface area contributed by atoms with Crippen LogP contribution >= 0.6 is 15.9 Å². The maximum Gasteiger partial charge on any atom is 0.410 e. The van der Waals surface area contributed by atoms with Crippen LogP contribution in [-0.2, 0) is 14.3 Å². The van der Waals surface area contributed by atoms with Crippen LogP contribution in [0.3, 0.4) is 0 Å². The molecule has 1 aliphatic rings. The van der Waals surface area contributed by atoms with Crippen LogP contribution in [-0.4, -0.2) is 58.8 Å². The van der Waals surface area contributed by atoms with E-state index in [1.807, 2.05) is 20.8 Å². The third-order valence-electron chi connectivity index (χ3n) is 4.61. The molecule has 1 aromatic rings. The van der Waals surface area contributed by atoms with Gasteiger partial charge in [0, 0.05) is 19.6 Å². The van der Waals surface area contributed by atoms with Gasteiger partial charge in [-0.05, 0) is 62.9 Å². The van der Waals surface area contributed by atoms with Gasteiger partial charge in [0.25, 0.3) is 0 Å². The van der Waals surface area contributed by atoms with Crippen molar-refractivity contribution in [2.45, 2.75) is 52.6 Å². The van der Waals surface area contributed by atoms with E-state index in [2.05, 4.69) is 31.2 Å². The van der Waals surface area contributed by atoms with E-state index in [0.717, 1.165) is 0 Å². The predicted molar refractivity (Wildman–Crippen MR) is 109 cm³/mol. The van der Waals surface area contributed by atoms with Crippen LogP contribution in [0.4, 0.5) is 10.6 Å². The van der Waals surface area contributed by atoms with Gasteiger partial charge in [-0.15, -0.1) is 0 Å². The summed E-state index contributed by atoms with van der Waals surface area (Å²) in [5.74, 6) is 0.441. The molecule has 0 saturated carbocycles. The van der Waals surface area contributed by atoms with Crippen molar-refractivity contribution in [3.63, 3.8) is 0 Å². The lowest BCUT2D eigenvalue weighted by molar-refractivity contribution is -0.159. The van der Waals surface area contributed by atoms with Crippen molar-refractivity contribution in [3.05, 3.63) is 17.0 Å². The highest BCUT2D eigenvalue weighted by molar-refractivity contribution is 9.10. The molecule has 0 bridgehead atoms. The summed E-state index contributed by atoms with van der Waals surface area (Å²) >= 11 is 3.25. The number of rotatable bonds is 6. The lowest BCUT2D eigenvalue weighted by atomic mass is 9.75. The molecule has 0 aliphatic carbocycles. The number of halogens is 1. The molecule has 0 atom stereocenters. The second kappa shape index (κ2) is 9.54. The number of nitrogens with one attached hydrogen (secondary N) is 1. The molecule has 0 aromatic carbocycles. The Balaban J connectivity index is 1.97. The zero-order valence-corrected chi connectivity index (χ0v) is 18.5. The van der Waals surface area contributed by atoms with Crippen LogP contribution in [0.5, 0.6) is 0 Å². The number of hydrogen-bond acceptors (Lipinski definition) is 7. The minimum Gasteiger partial charge on any atom is -0.466 e. The molecular formula is C19H29BrN4O4. The van der Waals surface area contributed by atoms with Crippen molar-refractivity contribution in [1.29, 1.82) is 0 Å². The van der Waals surface area contributed by atoms with E-state index in [9.17, 15) is 9.59 Å². The molecule has 8 nitrogen and oxygen atoms in total. The van der Waals surface area contributed by atoms with Crippen molar-refractivity contribution in [1.82, 2.24) is 14.9 Å². The highest BCUT2D eigenvalue weighted by Crippen LogP contribution is 2.37. The van der Waals surface area contributed by atoms with Crippen molar-refractivity contribution >= 4 is 33.8 Å². The Labute approximate surface area is 174 Å². The van der Waals surface area contributed by atoms with Crippen molar-refractivity contribution in [3.8, 4) is 0 Å². The molecule has 9 heteroatoms. The van der Waals surface area contributed by atoms with Crippen molar-refractivity contribution in [2.75, 3.05) is 31.6 Å². The maximum atomic E-state index is 12.7. The third kappa shape index (κ3) is 6.32. The number of nitrogens with zero attached hydrogens (tertiary/aromatic N) is 3. The molecule has 1 fully saturated rings. The van der Waals surface area contributed by atoms with Gasteiger partial charge in [0.15, 0.2) is 0 Å². The minimum atomic E-state index is -0.621. The fraction of sp³-hybridized carbons (Fsp3) is 0.684. The standard InChI is InChI=1S/C19H29BrN4O4/c1-5-27-16(25)19(6-9-21-15-13-22-14(20)12-23-15)7-10-24(11-8-19)17(26)28-18(2,3)4/h12-13H,5-11H2,1-4H3,(H,21,23). The number of hydrogen-bond donors (Lipinski definition) is 1. The van der Waals surface area contributed by atoms with Gasteiger partial charge in [0.1, 0.15) is 16.0 Å². The highest BCUT2D eigenvalue weighted by atomic mass is 79.9. The van der Waals surface area contributed by atoms with Crippen LogP contribution in [0.15, 0.2) is 17.0 Å². The first-order chi connectivity index (χ1) is 13.1. The molecule has 1 N–H and O–H groups in total. The van der Waals surface area contributed by atoms with E-state index in [1.165, 1.54) is 0 Å². The quantitative estimate of drug-likeness (QED) is 0.652. The fourth-order valence-electron chi connectivity index (χ4n) is 3.12.